The molecule has 0 atom stereocenters. The zero-order valence-electron chi connectivity index (χ0n) is 7.55. The Labute approximate surface area is 74.3 Å². The third-order valence-electron chi connectivity index (χ3n) is 1.38. The maximum Gasteiger partial charge on any atom is 0.224 e. The highest BCUT2D eigenvalue weighted by Gasteiger charge is 2.24. The van der Waals surface area contributed by atoms with Gasteiger partial charge in [-0.05, 0) is 27.9 Å². The van der Waals surface area contributed by atoms with Crippen LogP contribution in [0.4, 0.5) is 0 Å². The van der Waals surface area contributed by atoms with E-state index >= 15 is 0 Å². The second-order valence-corrected chi connectivity index (χ2v) is 3.49. The van der Waals surface area contributed by atoms with Gasteiger partial charge in [-0.3, -0.25) is 4.79 Å². The monoisotopic (exact) mass is 180 g/mol. The van der Waals surface area contributed by atoms with Crippen molar-refractivity contribution in [2.75, 3.05) is 20.6 Å². The smallest absolute Gasteiger partial charge is 0.224 e. The molecule has 0 radical (unpaired) electrons. The normalized spacial score (nSPS) is 11.0. The summed E-state index contributed by atoms with van der Waals surface area (Å²) in [6.07, 6.45) is 0. The van der Waals surface area contributed by atoms with Crippen LogP contribution in [0.3, 0.4) is 0 Å². The molecular weight excluding hydrogens is 164 g/mol. The van der Waals surface area contributed by atoms with Gasteiger partial charge >= 0.3 is 0 Å². The standard InChI is InChI=1S/C7H16N2O.ClH/c1-7(2,6(8)10)5-9(3)4;/h5H2,1-4H3,(H2,8,10);1H. The van der Waals surface area contributed by atoms with E-state index in [1.165, 1.54) is 0 Å². The van der Waals surface area contributed by atoms with Crippen molar-refractivity contribution in [3.05, 3.63) is 0 Å². The highest BCUT2D eigenvalue weighted by Crippen LogP contribution is 2.13. The number of halogens is 1. The lowest BCUT2D eigenvalue weighted by molar-refractivity contribution is -0.126. The SMILES string of the molecule is CN(C)CC(C)(C)C(N)=O.Cl. The summed E-state index contributed by atoms with van der Waals surface area (Å²) in [4.78, 5) is 12.7. The first kappa shape index (κ1) is 13.3. The second-order valence-electron chi connectivity index (χ2n) is 3.49. The second kappa shape index (κ2) is 4.57. The Morgan fingerprint density at radius 3 is 1.91 bits per heavy atom. The summed E-state index contributed by atoms with van der Waals surface area (Å²) in [5.74, 6) is -0.249. The quantitative estimate of drug-likeness (QED) is 0.687. The van der Waals surface area contributed by atoms with Crippen LogP contribution in [0.25, 0.3) is 0 Å². The zero-order chi connectivity index (χ0) is 8.36. The molecule has 0 aromatic heterocycles. The van der Waals surface area contributed by atoms with E-state index in [1.54, 1.807) is 0 Å². The largest absolute Gasteiger partial charge is 0.369 e. The van der Waals surface area contributed by atoms with Gasteiger partial charge in [0.2, 0.25) is 5.91 Å². The minimum absolute atomic E-state index is 0. The molecule has 0 aliphatic carbocycles. The molecule has 1 amide bonds. The lowest BCUT2D eigenvalue weighted by Gasteiger charge is -2.24. The number of primary amides is 1. The molecule has 0 fully saturated rings. The Bertz CT molecular complexity index is 134. The molecule has 4 heteroatoms. The predicted molar refractivity (Wildman–Crippen MR) is 48.8 cm³/mol. The Hall–Kier alpha value is -0.280. The van der Waals surface area contributed by atoms with Crippen LogP contribution in [0.2, 0.25) is 0 Å². The number of rotatable bonds is 3. The predicted octanol–water partition coefficient (Wildman–Crippen LogP) is 0.481. The molecule has 11 heavy (non-hydrogen) atoms. The first-order valence-electron chi connectivity index (χ1n) is 3.31. The van der Waals surface area contributed by atoms with Crippen molar-refractivity contribution in [1.82, 2.24) is 4.90 Å². The highest BCUT2D eigenvalue weighted by atomic mass is 35.5. The molecule has 0 aliphatic rings. The number of hydrogen-bond donors (Lipinski definition) is 1. The van der Waals surface area contributed by atoms with Crippen molar-refractivity contribution >= 4 is 18.3 Å². The van der Waals surface area contributed by atoms with Crippen LogP contribution in [0, 0.1) is 5.41 Å². The molecule has 0 aromatic carbocycles. The average Bonchev–Trinajstić information content (AvgIpc) is 1.60. The van der Waals surface area contributed by atoms with E-state index in [1.807, 2.05) is 32.8 Å². The Balaban J connectivity index is 0. The first-order chi connectivity index (χ1) is 4.36. The van der Waals surface area contributed by atoms with Gasteiger partial charge in [-0.1, -0.05) is 0 Å². The van der Waals surface area contributed by atoms with Crippen LogP contribution in [-0.4, -0.2) is 31.4 Å². The number of hydrogen-bond acceptors (Lipinski definition) is 2. The minimum atomic E-state index is -0.413. The number of nitrogens with zero attached hydrogens (tertiary/aromatic N) is 1. The van der Waals surface area contributed by atoms with Gasteiger partial charge in [-0.2, -0.15) is 0 Å². The van der Waals surface area contributed by atoms with E-state index in [9.17, 15) is 4.79 Å². The average molecular weight is 181 g/mol. The fourth-order valence-electron chi connectivity index (χ4n) is 0.868. The maximum atomic E-state index is 10.8. The molecular formula is C7H17ClN2O. The highest BCUT2D eigenvalue weighted by molar-refractivity contribution is 5.85. The minimum Gasteiger partial charge on any atom is -0.369 e. The number of carbonyl (C=O) groups excluding carboxylic acids is 1. The lowest BCUT2D eigenvalue weighted by atomic mass is 9.92. The third-order valence-corrected chi connectivity index (χ3v) is 1.38. The fraction of sp³-hybridized carbons (Fsp3) is 0.857. The molecule has 68 valence electrons. The van der Waals surface area contributed by atoms with Gasteiger partial charge < -0.3 is 10.6 Å². The molecule has 0 unspecified atom stereocenters. The number of nitrogens with two attached hydrogens (primary N) is 1. The van der Waals surface area contributed by atoms with Crippen molar-refractivity contribution < 1.29 is 4.79 Å². The Morgan fingerprint density at radius 2 is 1.82 bits per heavy atom. The van der Waals surface area contributed by atoms with E-state index < -0.39 is 5.41 Å². The molecule has 2 N–H and O–H groups in total. The molecule has 0 bridgehead atoms. The summed E-state index contributed by atoms with van der Waals surface area (Å²) in [7, 11) is 3.84. The molecule has 0 saturated heterocycles. The van der Waals surface area contributed by atoms with Crippen LogP contribution < -0.4 is 5.73 Å². The summed E-state index contributed by atoms with van der Waals surface area (Å²) < 4.78 is 0. The molecule has 0 heterocycles. The molecule has 0 saturated carbocycles. The first-order valence-corrected chi connectivity index (χ1v) is 3.31. The maximum absolute atomic E-state index is 10.8. The van der Waals surface area contributed by atoms with Crippen LogP contribution in [0.15, 0.2) is 0 Å². The number of carbonyl (C=O) groups is 1. The van der Waals surface area contributed by atoms with E-state index in [0.29, 0.717) is 6.54 Å². The molecule has 3 nitrogen and oxygen atoms in total. The van der Waals surface area contributed by atoms with Gasteiger partial charge in [0, 0.05) is 6.54 Å². The van der Waals surface area contributed by atoms with Gasteiger partial charge in [0.05, 0.1) is 5.41 Å². The molecule has 0 spiro atoms. The van der Waals surface area contributed by atoms with Crippen LogP contribution in [0.5, 0.6) is 0 Å². The van der Waals surface area contributed by atoms with Gasteiger partial charge in [0.25, 0.3) is 0 Å². The summed E-state index contributed by atoms with van der Waals surface area (Å²) in [6, 6.07) is 0. The summed E-state index contributed by atoms with van der Waals surface area (Å²) >= 11 is 0. The van der Waals surface area contributed by atoms with Crippen LogP contribution in [0.1, 0.15) is 13.8 Å². The third kappa shape index (κ3) is 5.04. The topological polar surface area (TPSA) is 46.3 Å². The van der Waals surface area contributed by atoms with Crippen molar-refractivity contribution in [3.8, 4) is 0 Å². The lowest BCUT2D eigenvalue weighted by Crippen LogP contribution is -2.39. The van der Waals surface area contributed by atoms with Gasteiger partial charge in [-0.15, -0.1) is 12.4 Å². The summed E-state index contributed by atoms with van der Waals surface area (Å²) in [5.41, 5.74) is 4.74. The summed E-state index contributed by atoms with van der Waals surface area (Å²) in [5, 5.41) is 0. The van der Waals surface area contributed by atoms with Crippen LogP contribution in [-0.2, 0) is 4.79 Å². The van der Waals surface area contributed by atoms with Gasteiger partial charge in [-0.25, -0.2) is 0 Å². The summed E-state index contributed by atoms with van der Waals surface area (Å²) in [6.45, 7) is 4.38. The van der Waals surface area contributed by atoms with Crippen molar-refractivity contribution in [1.29, 1.82) is 0 Å². The Kier molecular flexibility index (Phi) is 5.53. The molecule has 0 aromatic rings. The van der Waals surface area contributed by atoms with E-state index in [2.05, 4.69) is 0 Å². The molecule has 0 aliphatic heterocycles. The van der Waals surface area contributed by atoms with E-state index in [-0.39, 0.29) is 18.3 Å². The van der Waals surface area contributed by atoms with Gasteiger partial charge in [0.1, 0.15) is 0 Å². The van der Waals surface area contributed by atoms with Crippen molar-refractivity contribution in [3.63, 3.8) is 0 Å². The fourth-order valence-corrected chi connectivity index (χ4v) is 0.868. The van der Waals surface area contributed by atoms with E-state index in [4.69, 9.17) is 5.73 Å². The zero-order valence-corrected chi connectivity index (χ0v) is 8.36. The molecule has 0 rings (SSSR count). The number of amides is 1. The van der Waals surface area contributed by atoms with Crippen molar-refractivity contribution in [2.24, 2.45) is 11.1 Å². The van der Waals surface area contributed by atoms with Gasteiger partial charge in [0.15, 0.2) is 0 Å². The Morgan fingerprint density at radius 1 is 1.45 bits per heavy atom. The van der Waals surface area contributed by atoms with Crippen molar-refractivity contribution in [2.45, 2.75) is 13.8 Å². The van der Waals surface area contributed by atoms with E-state index in [0.717, 1.165) is 0 Å². The van der Waals surface area contributed by atoms with Crippen LogP contribution >= 0.6 is 12.4 Å².